The van der Waals surface area contributed by atoms with E-state index in [9.17, 15) is 0 Å². The summed E-state index contributed by atoms with van der Waals surface area (Å²) in [6.45, 7) is 0. The molecule has 238 valence electrons. The highest BCUT2D eigenvalue weighted by Crippen LogP contribution is 2.42. The third-order valence-electron chi connectivity index (χ3n) is 9.78. The Morgan fingerprint density at radius 3 is 1.65 bits per heavy atom. The number of aromatic nitrogens is 4. The fourth-order valence-corrected chi connectivity index (χ4v) is 7.32. The summed E-state index contributed by atoms with van der Waals surface area (Å²) < 4.78 is 2.11. The van der Waals surface area contributed by atoms with E-state index in [0.717, 1.165) is 88.7 Å². The quantitative estimate of drug-likeness (QED) is 0.174. The average molecular weight is 651 g/mol. The molecule has 0 aliphatic rings. The summed E-state index contributed by atoms with van der Waals surface area (Å²) in [7, 11) is 0. The van der Waals surface area contributed by atoms with Gasteiger partial charge in [-0.25, -0.2) is 14.6 Å². The van der Waals surface area contributed by atoms with Gasteiger partial charge in [0.2, 0.25) is 0 Å². The predicted octanol–water partition coefficient (Wildman–Crippen LogP) is 11.9. The Hall–Kier alpha value is -6.91. The maximum atomic E-state index is 5.42. The van der Waals surface area contributed by atoms with Gasteiger partial charge in [-0.15, -0.1) is 0 Å². The van der Waals surface area contributed by atoms with Crippen molar-refractivity contribution in [2.75, 3.05) is 0 Å². The topological polar surface area (TPSA) is 43.6 Å². The van der Waals surface area contributed by atoms with Gasteiger partial charge in [0.25, 0.3) is 0 Å². The van der Waals surface area contributed by atoms with Gasteiger partial charge in [0.15, 0.2) is 0 Å². The smallest absolute Gasteiger partial charge is 0.101 e. The maximum Gasteiger partial charge on any atom is 0.101 e. The van der Waals surface area contributed by atoms with E-state index in [1.807, 2.05) is 24.3 Å². The highest BCUT2D eigenvalue weighted by atomic mass is 15.3. The van der Waals surface area contributed by atoms with E-state index in [2.05, 4.69) is 162 Å². The average Bonchev–Trinajstić information content (AvgIpc) is 3.62. The molecule has 10 aromatic rings. The van der Waals surface area contributed by atoms with Crippen LogP contribution in [0.4, 0.5) is 0 Å². The Balaban J connectivity index is 1.20. The lowest BCUT2D eigenvalue weighted by Crippen LogP contribution is -1.96. The number of pyridine rings is 2. The van der Waals surface area contributed by atoms with E-state index in [-0.39, 0.29) is 0 Å². The predicted molar refractivity (Wildman–Crippen MR) is 211 cm³/mol. The zero-order valence-corrected chi connectivity index (χ0v) is 27.6. The van der Waals surface area contributed by atoms with Gasteiger partial charge in [0.05, 0.1) is 33.6 Å². The number of rotatable bonds is 5. The first-order valence-corrected chi connectivity index (χ1v) is 17.2. The van der Waals surface area contributed by atoms with Crippen molar-refractivity contribution in [3.8, 4) is 50.6 Å². The van der Waals surface area contributed by atoms with Crippen LogP contribution in [0.2, 0.25) is 0 Å². The molecule has 0 spiro atoms. The van der Waals surface area contributed by atoms with Gasteiger partial charge in [0, 0.05) is 38.2 Å². The molecule has 0 radical (unpaired) electrons. The van der Waals surface area contributed by atoms with Crippen LogP contribution < -0.4 is 0 Å². The van der Waals surface area contributed by atoms with Crippen LogP contribution in [0, 0.1) is 0 Å². The second-order valence-electron chi connectivity index (χ2n) is 12.9. The molecule has 0 fully saturated rings. The minimum Gasteiger partial charge on any atom is -0.245 e. The van der Waals surface area contributed by atoms with E-state index in [4.69, 9.17) is 15.1 Å². The van der Waals surface area contributed by atoms with Gasteiger partial charge in [-0.2, -0.15) is 5.10 Å². The first kappa shape index (κ1) is 29.0. The van der Waals surface area contributed by atoms with Crippen molar-refractivity contribution in [3.63, 3.8) is 0 Å². The first-order valence-electron chi connectivity index (χ1n) is 17.2. The number of nitrogens with zero attached hydrogens (tertiary/aromatic N) is 4. The van der Waals surface area contributed by atoms with Gasteiger partial charge in [-0.05, 0) is 52.9 Å². The molecular formula is C47H30N4. The number of para-hydroxylation sites is 1. The summed E-state index contributed by atoms with van der Waals surface area (Å²) in [5.74, 6) is 0. The van der Waals surface area contributed by atoms with Crippen molar-refractivity contribution < 1.29 is 0 Å². The fourth-order valence-electron chi connectivity index (χ4n) is 7.32. The molecule has 0 aliphatic carbocycles. The number of hydrogen-bond donors (Lipinski definition) is 0. The van der Waals surface area contributed by atoms with Gasteiger partial charge < -0.3 is 0 Å². The molecule has 0 bridgehead atoms. The lowest BCUT2D eigenvalue weighted by atomic mass is 9.93. The highest BCUT2D eigenvalue weighted by molar-refractivity contribution is 6.17. The van der Waals surface area contributed by atoms with Gasteiger partial charge in [-0.1, -0.05) is 146 Å². The molecule has 0 atom stereocenters. The minimum atomic E-state index is 0.893. The van der Waals surface area contributed by atoms with E-state index in [1.54, 1.807) is 0 Å². The molecule has 0 amide bonds. The van der Waals surface area contributed by atoms with Crippen LogP contribution in [0.25, 0.3) is 94.1 Å². The number of hydrogen-bond acceptors (Lipinski definition) is 3. The van der Waals surface area contributed by atoms with Crippen molar-refractivity contribution in [1.29, 1.82) is 0 Å². The molecule has 3 heterocycles. The van der Waals surface area contributed by atoms with Crippen LogP contribution in [-0.4, -0.2) is 19.7 Å². The summed E-state index contributed by atoms with van der Waals surface area (Å²) in [5, 5.41) is 11.0. The highest BCUT2D eigenvalue weighted by Gasteiger charge is 2.21. The molecule has 4 heteroatoms. The molecule has 0 aliphatic heterocycles. The van der Waals surface area contributed by atoms with Crippen LogP contribution >= 0.6 is 0 Å². The molecule has 0 N–H and O–H groups in total. The Bertz CT molecular complexity index is 2900. The van der Waals surface area contributed by atoms with Crippen LogP contribution in [0.5, 0.6) is 0 Å². The zero-order chi connectivity index (χ0) is 33.7. The van der Waals surface area contributed by atoms with Crippen LogP contribution in [0.1, 0.15) is 0 Å². The third-order valence-corrected chi connectivity index (χ3v) is 9.78. The molecule has 4 nitrogen and oxygen atoms in total. The summed E-state index contributed by atoms with van der Waals surface area (Å²) >= 11 is 0. The number of fused-ring (bicyclic) bond motifs is 6. The lowest BCUT2D eigenvalue weighted by Gasteiger charge is -2.11. The second kappa shape index (κ2) is 11.9. The molecule has 0 saturated heterocycles. The summed E-state index contributed by atoms with van der Waals surface area (Å²) in [5.41, 5.74) is 12.1. The molecule has 7 aromatic carbocycles. The standard InChI is InChI=1S/C47H30N4/c1-4-13-31(14-5-1)40-30-35-17-10-11-22-39(35)47-43(40)44(50-51(47)38-20-8-3-9-21-38)37-19-12-18-36(29-37)42-28-26-34-24-23-33-25-27-41(32-15-6-2-7-16-32)48-45(33)46(34)49-42/h1-30H. The van der Waals surface area contributed by atoms with Crippen LogP contribution in [0.3, 0.4) is 0 Å². The van der Waals surface area contributed by atoms with E-state index < -0.39 is 0 Å². The van der Waals surface area contributed by atoms with Crippen molar-refractivity contribution in [1.82, 2.24) is 19.7 Å². The monoisotopic (exact) mass is 650 g/mol. The van der Waals surface area contributed by atoms with Gasteiger partial charge in [-0.3, -0.25) is 0 Å². The van der Waals surface area contributed by atoms with Crippen LogP contribution in [0.15, 0.2) is 182 Å². The van der Waals surface area contributed by atoms with Crippen molar-refractivity contribution >= 4 is 43.5 Å². The molecule has 0 unspecified atom stereocenters. The van der Waals surface area contributed by atoms with E-state index >= 15 is 0 Å². The first-order chi connectivity index (χ1) is 25.3. The largest absolute Gasteiger partial charge is 0.245 e. The summed E-state index contributed by atoms with van der Waals surface area (Å²) in [6.07, 6.45) is 0. The Labute approximate surface area is 294 Å². The minimum absolute atomic E-state index is 0.893. The fraction of sp³-hybridized carbons (Fsp3) is 0. The Morgan fingerprint density at radius 1 is 0.392 bits per heavy atom. The van der Waals surface area contributed by atoms with Crippen molar-refractivity contribution in [3.05, 3.63) is 182 Å². The second-order valence-corrected chi connectivity index (χ2v) is 12.9. The van der Waals surface area contributed by atoms with Crippen LogP contribution in [-0.2, 0) is 0 Å². The van der Waals surface area contributed by atoms with Crippen molar-refractivity contribution in [2.24, 2.45) is 0 Å². The molecule has 0 saturated carbocycles. The van der Waals surface area contributed by atoms with Crippen molar-refractivity contribution in [2.45, 2.75) is 0 Å². The van der Waals surface area contributed by atoms with Gasteiger partial charge in [0.1, 0.15) is 5.69 Å². The lowest BCUT2D eigenvalue weighted by molar-refractivity contribution is 0.918. The van der Waals surface area contributed by atoms with Gasteiger partial charge >= 0.3 is 0 Å². The SMILES string of the molecule is c1ccc(-c2ccc3ccc4ccc(-c5cccc(-c6nn(-c7ccccc7)c7c6c(-c6ccccc6)cc6ccccc67)c5)nc4c3n2)cc1. The molecule has 10 rings (SSSR count). The molecular weight excluding hydrogens is 621 g/mol. The van der Waals surface area contributed by atoms with E-state index in [1.165, 1.54) is 5.39 Å². The third kappa shape index (κ3) is 4.96. The zero-order valence-electron chi connectivity index (χ0n) is 27.6. The normalized spacial score (nSPS) is 11.5. The molecule has 51 heavy (non-hydrogen) atoms. The summed E-state index contributed by atoms with van der Waals surface area (Å²) in [4.78, 5) is 10.4. The maximum absolute atomic E-state index is 5.42. The Kier molecular flexibility index (Phi) is 6.78. The molecule has 3 aromatic heterocycles. The summed E-state index contributed by atoms with van der Waals surface area (Å²) in [6, 6.07) is 63.7. The number of benzene rings is 7. The van der Waals surface area contributed by atoms with E-state index in [0.29, 0.717) is 0 Å². The Morgan fingerprint density at radius 2 is 0.941 bits per heavy atom.